The van der Waals surface area contributed by atoms with Gasteiger partial charge in [-0.25, -0.2) is 4.98 Å². The second kappa shape index (κ2) is 5.40. The van der Waals surface area contributed by atoms with Crippen LogP contribution in [0.25, 0.3) is 0 Å². The fourth-order valence-corrected chi connectivity index (χ4v) is 4.82. The largest absolute Gasteiger partial charge is 0.378 e. The third kappa shape index (κ3) is 2.45. The van der Waals surface area contributed by atoms with Crippen LogP contribution in [-0.2, 0) is 9.53 Å². The van der Waals surface area contributed by atoms with Gasteiger partial charge in [0.15, 0.2) is 5.13 Å². The van der Waals surface area contributed by atoms with E-state index in [2.05, 4.69) is 26.6 Å². The predicted octanol–water partition coefficient (Wildman–Crippen LogP) is 2.52. The number of carbonyl (C=O) groups is 1. The van der Waals surface area contributed by atoms with Gasteiger partial charge in [0.25, 0.3) is 0 Å². The molecule has 0 spiro atoms. The monoisotopic (exact) mass is 321 g/mol. The second-order valence-corrected chi connectivity index (χ2v) is 7.12. The quantitative estimate of drug-likeness (QED) is 0.923. The summed E-state index contributed by atoms with van der Waals surface area (Å²) in [5.41, 5.74) is 0. The molecule has 21 heavy (non-hydrogen) atoms. The average molecular weight is 321 g/mol. The molecule has 0 aromatic carbocycles. The fourth-order valence-electron chi connectivity index (χ4n) is 2.72. The van der Waals surface area contributed by atoms with Gasteiger partial charge in [-0.3, -0.25) is 4.79 Å². The molecule has 7 heteroatoms. The molecule has 2 aromatic heterocycles. The molecule has 1 saturated heterocycles. The van der Waals surface area contributed by atoms with Crippen molar-refractivity contribution in [3.05, 3.63) is 27.3 Å². The molecule has 0 aliphatic carbocycles. The smallest absolute Gasteiger partial charge is 0.226 e. The van der Waals surface area contributed by atoms with Crippen molar-refractivity contribution in [1.82, 2.24) is 4.98 Å². The third-order valence-electron chi connectivity index (χ3n) is 3.77. The molecule has 2 aromatic rings. The van der Waals surface area contributed by atoms with Gasteiger partial charge in [-0.1, -0.05) is 17.4 Å². The number of amides is 1. The molecule has 4 heterocycles. The molecule has 1 N–H and O–H groups in total. The van der Waals surface area contributed by atoms with Crippen LogP contribution in [0.15, 0.2) is 17.5 Å². The Labute approximate surface area is 130 Å². The summed E-state index contributed by atoms with van der Waals surface area (Å²) in [5, 5.41) is 5.97. The number of rotatable bonds is 2. The SMILES string of the molecule is O=C1CC(c2cccs2)c2sc(N3CCOCC3)nc2N1. The maximum absolute atomic E-state index is 11.9. The number of ether oxygens (including phenoxy) is 1. The van der Waals surface area contributed by atoms with Crippen molar-refractivity contribution < 1.29 is 9.53 Å². The zero-order chi connectivity index (χ0) is 14.2. The van der Waals surface area contributed by atoms with Gasteiger partial charge < -0.3 is 15.0 Å². The summed E-state index contributed by atoms with van der Waals surface area (Å²) in [6.45, 7) is 3.21. The Balaban J connectivity index is 1.70. The molecule has 0 radical (unpaired) electrons. The highest BCUT2D eigenvalue weighted by atomic mass is 32.1. The van der Waals surface area contributed by atoms with E-state index in [-0.39, 0.29) is 11.8 Å². The van der Waals surface area contributed by atoms with Crippen LogP contribution in [0.4, 0.5) is 10.9 Å². The molecule has 5 nitrogen and oxygen atoms in total. The van der Waals surface area contributed by atoms with Crippen molar-refractivity contribution in [1.29, 1.82) is 0 Å². The first-order valence-corrected chi connectivity index (χ1v) is 8.67. The van der Waals surface area contributed by atoms with E-state index in [9.17, 15) is 4.79 Å². The first-order chi connectivity index (χ1) is 10.3. The van der Waals surface area contributed by atoms with E-state index in [0.29, 0.717) is 6.42 Å². The number of thiazole rings is 1. The van der Waals surface area contributed by atoms with Gasteiger partial charge in [0.1, 0.15) is 5.82 Å². The van der Waals surface area contributed by atoms with Gasteiger partial charge in [-0.2, -0.15) is 0 Å². The van der Waals surface area contributed by atoms with Crippen molar-refractivity contribution in [3.63, 3.8) is 0 Å². The molecule has 1 atom stereocenters. The summed E-state index contributed by atoms with van der Waals surface area (Å²) in [7, 11) is 0. The summed E-state index contributed by atoms with van der Waals surface area (Å²) in [4.78, 5) is 21.2. The highest BCUT2D eigenvalue weighted by molar-refractivity contribution is 7.16. The average Bonchev–Trinajstić information content (AvgIpc) is 3.16. The standard InChI is InChI=1S/C14H15N3O2S2/c18-11-8-9(10-2-1-7-20-10)12-13(15-11)16-14(21-12)17-3-5-19-6-4-17/h1-2,7,9H,3-6,8H2,(H,15,18). The first kappa shape index (κ1) is 13.2. The molecule has 2 aliphatic rings. The lowest BCUT2D eigenvalue weighted by molar-refractivity contribution is -0.116. The second-order valence-electron chi connectivity index (χ2n) is 5.13. The van der Waals surface area contributed by atoms with Gasteiger partial charge in [0.05, 0.1) is 18.1 Å². The highest BCUT2D eigenvalue weighted by Crippen LogP contribution is 2.44. The number of thiophene rings is 1. The lowest BCUT2D eigenvalue weighted by Gasteiger charge is -2.25. The summed E-state index contributed by atoms with van der Waals surface area (Å²) in [6, 6.07) is 4.14. The number of aromatic nitrogens is 1. The van der Waals surface area contributed by atoms with Crippen LogP contribution < -0.4 is 10.2 Å². The van der Waals surface area contributed by atoms with E-state index in [0.717, 1.165) is 37.3 Å². The Hall–Kier alpha value is -1.44. The molecule has 1 amide bonds. The Kier molecular flexibility index (Phi) is 3.40. The van der Waals surface area contributed by atoms with Crippen molar-refractivity contribution in [2.24, 2.45) is 0 Å². The van der Waals surface area contributed by atoms with Crippen LogP contribution in [-0.4, -0.2) is 37.2 Å². The van der Waals surface area contributed by atoms with Gasteiger partial charge in [0, 0.05) is 30.3 Å². The first-order valence-electron chi connectivity index (χ1n) is 6.98. The lowest BCUT2D eigenvalue weighted by atomic mass is 9.98. The van der Waals surface area contributed by atoms with Crippen LogP contribution in [0.3, 0.4) is 0 Å². The van der Waals surface area contributed by atoms with Crippen molar-refractivity contribution in [2.45, 2.75) is 12.3 Å². The molecule has 2 aliphatic heterocycles. The summed E-state index contributed by atoms with van der Waals surface area (Å²) < 4.78 is 5.39. The van der Waals surface area contributed by atoms with Crippen molar-refractivity contribution >= 4 is 39.5 Å². The van der Waals surface area contributed by atoms with Gasteiger partial charge in [0.2, 0.25) is 5.91 Å². The lowest BCUT2D eigenvalue weighted by Crippen LogP contribution is -2.36. The minimum Gasteiger partial charge on any atom is -0.378 e. The fraction of sp³-hybridized carbons (Fsp3) is 0.429. The van der Waals surface area contributed by atoms with E-state index in [1.54, 1.807) is 22.7 Å². The maximum atomic E-state index is 11.9. The van der Waals surface area contributed by atoms with Crippen LogP contribution in [0, 0.1) is 0 Å². The zero-order valence-corrected chi connectivity index (χ0v) is 13.0. The molecule has 1 unspecified atom stereocenters. The topological polar surface area (TPSA) is 54.5 Å². The molecule has 0 saturated carbocycles. The van der Waals surface area contributed by atoms with Gasteiger partial charge in [-0.05, 0) is 11.4 Å². The zero-order valence-electron chi connectivity index (χ0n) is 11.4. The number of anilines is 2. The molecule has 1 fully saturated rings. The Morgan fingerprint density at radius 3 is 3.00 bits per heavy atom. The van der Waals surface area contributed by atoms with Crippen molar-refractivity contribution in [3.8, 4) is 0 Å². The van der Waals surface area contributed by atoms with Crippen LogP contribution in [0.1, 0.15) is 22.1 Å². The Morgan fingerprint density at radius 1 is 1.38 bits per heavy atom. The van der Waals surface area contributed by atoms with E-state index in [4.69, 9.17) is 4.74 Å². The van der Waals surface area contributed by atoms with E-state index in [1.807, 2.05) is 6.07 Å². The van der Waals surface area contributed by atoms with Crippen LogP contribution >= 0.6 is 22.7 Å². The Morgan fingerprint density at radius 2 is 2.24 bits per heavy atom. The van der Waals surface area contributed by atoms with Crippen molar-refractivity contribution in [2.75, 3.05) is 36.5 Å². The van der Waals surface area contributed by atoms with E-state index < -0.39 is 0 Å². The number of hydrogen-bond acceptors (Lipinski definition) is 6. The summed E-state index contributed by atoms with van der Waals surface area (Å²) in [6.07, 6.45) is 0.512. The predicted molar refractivity (Wildman–Crippen MR) is 84.6 cm³/mol. The van der Waals surface area contributed by atoms with E-state index >= 15 is 0 Å². The molecular formula is C14H15N3O2S2. The molecule has 0 bridgehead atoms. The highest BCUT2D eigenvalue weighted by Gasteiger charge is 2.32. The minimum atomic E-state index is 0.0553. The number of fused-ring (bicyclic) bond motifs is 1. The number of morpholine rings is 1. The summed E-state index contributed by atoms with van der Waals surface area (Å²) in [5.74, 6) is 0.955. The Bertz CT molecular complexity index is 647. The van der Waals surface area contributed by atoms with Gasteiger partial charge in [-0.15, -0.1) is 11.3 Å². The number of nitrogens with zero attached hydrogens (tertiary/aromatic N) is 2. The molecule has 4 rings (SSSR count). The number of carbonyl (C=O) groups excluding carboxylic acids is 1. The maximum Gasteiger partial charge on any atom is 0.226 e. The van der Waals surface area contributed by atoms with Crippen LogP contribution in [0.5, 0.6) is 0 Å². The molecule has 110 valence electrons. The third-order valence-corrected chi connectivity index (χ3v) is 5.99. The number of nitrogens with one attached hydrogen (secondary N) is 1. The van der Waals surface area contributed by atoms with Crippen LogP contribution in [0.2, 0.25) is 0 Å². The van der Waals surface area contributed by atoms with E-state index in [1.165, 1.54) is 9.75 Å². The summed E-state index contributed by atoms with van der Waals surface area (Å²) >= 11 is 3.41. The number of hydrogen-bond donors (Lipinski definition) is 1. The van der Waals surface area contributed by atoms with Gasteiger partial charge >= 0.3 is 0 Å². The minimum absolute atomic E-state index is 0.0553. The molecular weight excluding hydrogens is 306 g/mol. The normalized spacial score (nSPS) is 22.0.